The molecule has 0 heterocycles. The fourth-order valence-electron chi connectivity index (χ4n) is 1.92. The zero-order valence-electron chi connectivity index (χ0n) is 10.9. The first-order valence-corrected chi connectivity index (χ1v) is 6.36. The second-order valence-electron chi connectivity index (χ2n) is 4.58. The van der Waals surface area contributed by atoms with Crippen LogP contribution in [0.1, 0.15) is 24.8 Å². The van der Waals surface area contributed by atoms with Gasteiger partial charge in [0.2, 0.25) is 0 Å². The van der Waals surface area contributed by atoms with Crippen LogP contribution in [0, 0.1) is 0 Å². The average molecular weight is 232 g/mol. The van der Waals surface area contributed by atoms with Crippen LogP contribution in [0.5, 0.6) is 0 Å². The summed E-state index contributed by atoms with van der Waals surface area (Å²) in [7, 11) is 2.18. The molecule has 1 rings (SSSR count). The SMILES string of the molecule is C=CCCCN(C)CCCc1cccc(N)c1. The molecular weight excluding hydrogens is 208 g/mol. The molecule has 0 aromatic heterocycles. The van der Waals surface area contributed by atoms with Crippen molar-refractivity contribution in [2.75, 3.05) is 25.9 Å². The summed E-state index contributed by atoms with van der Waals surface area (Å²) in [4.78, 5) is 2.38. The summed E-state index contributed by atoms with van der Waals surface area (Å²) >= 11 is 0. The third kappa shape index (κ3) is 6.12. The van der Waals surface area contributed by atoms with Crippen LogP contribution in [-0.2, 0) is 6.42 Å². The molecule has 1 aromatic rings. The Kier molecular flexibility index (Phi) is 6.41. The van der Waals surface area contributed by atoms with Crippen LogP contribution in [0.15, 0.2) is 36.9 Å². The predicted molar refractivity (Wildman–Crippen MR) is 76.1 cm³/mol. The lowest BCUT2D eigenvalue weighted by Gasteiger charge is -2.15. The van der Waals surface area contributed by atoms with E-state index >= 15 is 0 Å². The number of nitrogens with zero attached hydrogens (tertiary/aromatic N) is 1. The number of aryl methyl sites for hydroxylation is 1. The summed E-state index contributed by atoms with van der Waals surface area (Å²) < 4.78 is 0. The van der Waals surface area contributed by atoms with Crippen LogP contribution in [-0.4, -0.2) is 25.0 Å². The molecule has 0 bridgehead atoms. The number of hydrogen-bond donors (Lipinski definition) is 1. The quantitative estimate of drug-likeness (QED) is 0.424. The summed E-state index contributed by atoms with van der Waals surface area (Å²) in [5, 5.41) is 0. The fraction of sp³-hybridized carbons (Fsp3) is 0.467. The Morgan fingerprint density at radius 1 is 1.29 bits per heavy atom. The van der Waals surface area contributed by atoms with E-state index in [0.29, 0.717) is 0 Å². The Labute approximate surface area is 105 Å². The van der Waals surface area contributed by atoms with Gasteiger partial charge in [-0.3, -0.25) is 0 Å². The molecule has 17 heavy (non-hydrogen) atoms. The van der Waals surface area contributed by atoms with E-state index in [1.54, 1.807) is 0 Å². The minimum absolute atomic E-state index is 0.863. The van der Waals surface area contributed by atoms with E-state index in [1.807, 2.05) is 18.2 Å². The van der Waals surface area contributed by atoms with Crippen LogP contribution in [0.3, 0.4) is 0 Å². The third-order valence-electron chi connectivity index (χ3n) is 2.90. The minimum atomic E-state index is 0.863. The topological polar surface area (TPSA) is 29.3 Å². The standard InChI is InChI=1S/C15H24N2/c1-3-4-5-11-17(2)12-7-9-14-8-6-10-15(16)13-14/h3,6,8,10,13H,1,4-5,7,9,11-12,16H2,2H3. The highest BCUT2D eigenvalue weighted by atomic mass is 15.1. The molecule has 0 unspecified atom stereocenters. The second kappa shape index (κ2) is 7.91. The van der Waals surface area contributed by atoms with Gasteiger partial charge in [0.25, 0.3) is 0 Å². The highest BCUT2D eigenvalue weighted by molar-refractivity contribution is 5.40. The third-order valence-corrected chi connectivity index (χ3v) is 2.90. The molecule has 0 saturated heterocycles. The molecule has 2 N–H and O–H groups in total. The van der Waals surface area contributed by atoms with Crippen LogP contribution in [0.4, 0.5) is 5.69 Å². The van der Waals surface area contributed by atoms with Gasteiger partial charge in [-0.1, -0.05) is 18.2 Å². The lowest BCUT2D eigenvalue weighted by molar-refractivity contribution is 0.326. The number of rotatable bonds is 8. The molecular formula is C15H24N2. The van der Waals surface area contributed by atoms with Gasteiger partial charge in [0.1, 0.15) is 0 Å². The summed E-state index contributed by atoms with van der Waals surface area (Å²) in [6.45, 7) is 6.04. The van der Waals surface area contributed by atoms with E-state index in [-0.39, 0.29) is 0 Å². The van der Waals surface area contributed by atoms with Gasteiger partial charge in [-0.15, -0.1) is 6.58 Å². The van der Waals surface area contributed by atoms with Gasteiger partial charge in [0, 0.05) is 5.69 Å². The number of allylic oxidation sites excluding steroid dienone is 1. The van der Waals surface area contributed by atoms with E-state index in [9.17, 15) is 0 Å². The number of unbranched alkanes of at least 4 members (excludes halogenated alkanes) is 1. The van der Waals surface area contributed by atoms with Crippen molar-refractivity contribution in [1.29, 1.82) is 0 Å². The van der Waals surface area contributed by atoms with Crippen LogP contribution in [0.25, 0.3) is 0 Å². The summed E-state index contributed by atoms with van der Waals surface area (Å²) in [5.41, 5.74) is 7.95. The molecule has 0 aliphatic carbocycles. The number of benzene rings is 1. The van der Waals surface area contributed by atoms with Gasteiger partial charge in [-0.2, -0.15) is 0 Å². The highest BCUT2D eigenvalue weighted by Crippen LogP contribution is 2.09. The van der Waals surface area contributed by atoms with Gasteiger partial charge >= 0.3 is 0 Å². The average Bonchev–Trinajstić information content (AvgIpc) is 2.29. The first-order valence-electron chi connectivity index (χ1n) is 6.36. The maximum Gasteiger partial charge on any atom is 0.0316 e. The molecule has 0 spiro atoms. The minimum Gasteiger partial charge on any atom is -0.399 e. The largest absolute Gasteiger partial charge is 0.399 e. The monoisotopic (exact) mass is 232 g/mol. The molecule has 0 atom stereocenters. The molecule has 0 saturated carbocycles. The van der Waals surface area contributed by atoms with Crippen molar-refractivity contribution in [3.63, 3.8) is 0 Å². The fourth-order valence-corrected chi connectivity index (χ4v) is 1.92. The predicted octanol–water partition coefficient (Wildman–Crippen LogP) is 3.10. The van der Waals surface area contributed by atoms with Crippen molar-refractivity contribution in [1.82, 2.24) is 4.90 Å². The van der Waals surface area contributed by atoms with Crippen molar-refractivity contribution >= 4 is 5.69 Å². The number of hydrogen-bond acceptors (Lipinski definition) is 2. The Morgan fingerprint density at radius 3 is 2.76 bits per heavy atom. The van der Waals surface area contributed by atoms with Crippen molar-refractivity contribution in [3.05, 3.63) is 42.5 Å². The van der Waals surface area contributed by atoms with E-state index < -0.39 is 0 Å². The summed E-state index contributed by atoms with van der Waals surface area (Å²) in [6, 6.07) is 8.18. The summed E-state index contributed by atoms with van der Waals surface area (Å²) in [6.07, 6.45) is 6.60. The maximum absolute atomic E-state index is 5.75. The van der Waals surface area contributed by atoms with E-state index in [0.717, 1.165) is 31.6 Å². The van der Waals surface area contributed by atoms with Crippen molar-refractivity contribution in [3.8, 4) is 0 Å². The van der Waals surface area contributed by atoms with Gasteiger partial charge in [0.05, 0.1) is 0 Å². The number of anilines is 1. The van der Waals surface area contributed by atoms with Crippen molar-refractivity contribution in [2.45, 2.75) is 25.7 Å². The molecule has 0 amide bonds. The van der Waals surface area contributed by atoms with Gasteiger partial charge in [-0.05, 0) is 63.5 Å². The lowest BCUT2D eigenvalue weighted by atomic mass is 10.1. The Hall–Kier alpha value is -1.28. The zero-order valence-corrected chi connectivity index (χ0v) is 10.9. The summed E-state index contributed by atoms with van der Waals surface area (Å²) in [5.74, 6) is 0. The molecule has 0 fully saturated rings. The van der Waals surface area contributed by atoms with E-state index in [1.165, 1.54) is 18.4 Å². The molecule has 1 aromatic carbocycles. The van der Waals surface area contributed by atoms with Gasteiger partial charge in [0.15, 0.2) is 0 Å². The van der Waals surface area contributed by atoms with Crippen LogP contribution >= 0.6 is 0 Å². The Bertz CT molecular complexity index is 333. The normalized spacial score (nSPS) is 10.7. The van der Waals surface area contributed by atoms with Gasteiger partial charge < -0.3 is 10.6 Å². The Balaban J connectivity index is 2.16. The smallest absolute Gasteiger partial charge is 0.0316 e. The molecule has 0 aliphatic heterocycles. The lowest BCUT2D eigenvalue weighted by Crippen LogP contribution is -2.21. The first-order chi connectivity index (χ1) is 8.22. The Morgan fingerprint density at radius 2 is 2.06 bits per heavy atom. The second-order valence-corrected chi connectivity index (χ2v) is 4.58. The molecule has 94 valence electrons. The zero-order chi connectivity index (χ0) is 12.5. The molecule has 0 radical (unpaired) electrons. The van der Waals surface area contributed by atoms with Crippen molar-refractivity contribution < 1.29 is 0 Å². The number of nitrogens with two attached hydrogens (primary N) is 1. The maximum atomic E-state index is 5.75. The molecule has 2 heteroatoms. The molecule has 2 nitrogen and oxygen atoms in total. The molecule has 0 aliphatic rings. The van der Waals surface area contributed by atoms with E-state index in [4.69, 9.17) is 5.73 Å². The number of nitrogen functional groups attached to an aromatic ring is 1. The van der Waals surface area contributed by atoms with E-state index in [2.05, 4.69) is 30.7 Å². The first kappa shape index (κ1) is 13.8. The van der Waals surface area contributed by atoms with Crippen LogP contribution < -0.4 is 5.73 Å². The van der Waals surface area contributed by atoms with Crippen molar-refractivity contribution in [2.24, 2.45) is 0 Å². The van der Waals surface area contributed by atoms with Crippen LogP contribution in [0.2, 0.25) is 0 Å². The van der Waals surface area contributed by atoms with Gasteiger partial charge in [-0.25, -0.2) is 0 Å². The highest BCUT2D eigenvalue weighted by Gasteiger charge is 1.98.